The summed E-state index contributed by atoms with van der Waals surface area (Å²) in [6.45, 7) is 0.571. The minimum Gasteiger partial charge on any atom is -0.360 e. The van der Waals surface area contributed by atoms with Gasteiger partial charge < -0.3 is 9.55 Å². The van der Waals surface area contributed by atoms with E-state index in [9.17, 15) is 4.79 Å². The third-order valence-corrected chi connectivity index (χ3v) is 7.24. The Kier molecular flexibility index (Phi) is 5.19. The number of benzene rings is 2. The fourth-order valence-corrected chi connectivity index (χ4v) is 5.40. The lowest BCUT2D eigenvalue weighted by atomic mass is 10.1. The number of thioether (sulfide) groups is 1. The molecule has 1 saturated carbocycles. The number of para-hydroxylation sites is 2. The molecular weight excluding hydrogens is 444 g/mol. The Balaban J connectivity index is 1.29. The monoisotopic (exact) mass is 466 g/mol. The summed E-state index contributed by atoms with van der Waals surface area (Å²) in [5.74, 6) is 1.18. The van der Waals surface area contributed by atoms with Crippen molar-refractivity contribution in [1.29, 1.82) is 5.26 Å². The number of fused-ring (bicyclic) bond motifs is 2. The molecule has 1 aliphatic carbocycles. The van der Waals surface area contributed by atoms with E-state index in [1.807, 2.05) is 53.4 Å². The third-order valence-electron chi connectivity index (χ3n) is 6.29. The van der Waals surface area contributed by atoms with Crippen molar-refractivity contribution in [2.75, 3.05) is 5.75 Å². The maximum atomic E-state index is 13.3. The second-order valence-electron chi connectivity index (χ2n) is 8.53. The van der Waals surface area contributed by atoms with Crippen molar-refractivity contribution in [1.82, 2.24) is 24.3 Å². The van der Waals surface area contributed by atoms with E-state index in [4.69, 9.17) is 5.26 Å². The molecule has 0 aliphatic heterocycles. The number of H-pyrrole nitrogens is 1. The zero-order valence-electron chi connectivity index (χ0n) is 18.4. The van der Waals surface area contributed by atoms with Gasteiger partial charge in [-0.2, -0.15) is 5.26 Å². The van der Waals surface area contributed by atoms with Crippen LogP contribution in [0.1, 0.15) is 35.7 Å². The lowest BCUT2D eigenvalue weighted by Crippen LogP contribution is -2.05. The summed E-state index contributed by atoms with van der Waals surface area (Å²) in [6, 6.07) is 18.6. The molecule has 2 aromatic carbocycles. The summed E-state index contributed by atoms with van der Waals surface area (Å²) in [7, 11) is 0. The molecule has 0 amide bonds. The summed E-state index contributed by atoms with van der Waals surface area (Å²) in [4.78, 5) is 16.6. The highest BCUT2D eigenvalue weighted by Crippen LogP contribution is 2.42. The van der Waals surface area contributed by atoms with Gasteiger partial charge in [0.2, 0.25) is 0 Å². The Morgan fingerprint density at radius 2 is 1.91 bits per heavy atom. The minimum atomic E-state index is 0.0518. The highest BCUT2D eigenvalue weighted by Gasteiger charge is 2.31. The molecule has 7 nitrogen and oxygen atoms in total. The normalized spacial score (nSPS) is 13.5. The molecule has 5 aromatic rings. The first kappa shape index (κ1) is 20.8. The van der Waals surface area contributed by atoms with E-state index < -0.39 is 0 Å². The third kappa shape index (κ3) is 3.58. The number of aromatic amines is 1. The molecule has 3 heterocycles. The number of hydrogen-bond acceptors (Lipinski definition) is 5. The van der Waals surface area contributed by atoms with Crippen molar-refractivity contribution in [3.05, 3.63) is 66.5 Å². The highest BCUT2D eigenvalue weighted by molar-refractivity contribution is 7.99. The summed E-state index contributed by atoms with van der Waals surface area (Å²) in [5.41, 5.74) is 3.78. The number of rotatable bonds is 8. The molecule has 1 N–H and O–H groups in total. The second kappa shape index (κ2) is 8.50. The molecule has 0 bridgehead atoms. The topological polar surface area (TPSA) is 92.3 Å². The number of aryl methyl sites for hydroxylation is 1. The number of nitrogens with one attached hydrogen (secondary N) is 1. The van der Waals surface area contributed by atoms with E-state index in [-0.39, 0.29) is 11.5 Å². The number of carbonyl (C=O) groups excluding carboxylic acids is 1. The first-order valence-electron chi connectivity index (χ1n) is 11.4. The smallest absolute Gasteiger partial charge is 0.192 e. The molecule has 0 unspecified atom stereocenters. The van der Waals surface area contributed by atoms with Crippen molar-refractivity contribution >= 4 is 39.4 Å². The molecule has 0 saturated heterocycles. The molecule has 8 heteroatoms. The van der Waals surface area contributed by atoms with Crippen LogP contribution in [0.4, 0.5) is 0 Å². The summed E-state index contributed by atoms with van der Waals surface area (Å²) >= 11 is 1.45. The van der Waals surface area contributed by atoms with E-state index in [2.05, 4.69) is 38.0 Å². The number of carbonyl (C=O) groups is 1. The molecule has 6 rings (SSSR count). The van der Waals surface area contributed by atoms with Gasteiger partial charge in [-0.1, -0.05) is 48.2 Å². The number of ketones is 1. The summed E-state index contributed by atoms with van der Waals surface area (Å²) in [6.07, 6.45) is 6.47. The molecule has 0 radical (unpaired) electrons. The summed E-state index contributed by atoms with van der Waals surface area (Å²) in [5, 5.41) is 20.8. The van der Waals surface area contributed by atoms with Crippen LogP contribution >= 0.6 is 11.8 Å². The lowest BCUT2D eigenvalue weighted by Gasteiger charge is -2.08. The Hall–Kier alpha value is -3.83. The van der Waals surface area contributed by atoms with Crippen LogP contribution in [-0.2, 0) is 6.54 Å². The second-order valence-corrected chi connectivity index (χ2v) is 9.47. The highest BCUT2D eigenvalue weighted by atomic mass is 32.2. The predicted molar refractivity (Wildman–Crippen MR) is 133 cm³/mol. The Morgan fingerprint density at radius 1 is 1.12 bits per heavy atom. The number of aromatic nitrogens is 5. The van der Waals surface area contributed by atoms with Crippen LogP contribution in [0.25, 0.3) is 33.2 Å². The average molecular weight is 467 g/mol. The molecule has 168 valence electrons. The van der Waals surface area contributed by atoms with Gasteiger partial charge in [-0.05, 0) is 25.0 Å². The quantitative estimate of drug-likeness (QED) is 0.237. The molecular formula is C26H22N6OS. The van der Waals surface area contributed by atoms with Crippen LogP contribution in [0, 0.1) is 11.3 Å². The van der Waals surface area contributed by atoms with Gasteiger partial charge in [0, 0.05) is 57.9 Å². The largest absolute Gasteiger partial charge is 0.360 e. The maximum Gasteiger partial charge on any atom is 0.192 e. The molecule has 3 aromatic heterocycles. The Labute approximate surface area is 200 Å². The molecule has 0 spiro atoms. The molecule has 0 atom stereocenters. The van der Waals surface area contributed by atoms with Gasteiger partial charge in [0.15, 0.2) is 16.8 Å². The standard InChI is InChI=1S/C26H22N6OS/c27-12-5-13-31-15-21(19-7-2-4-9-23(19)31)24(33)16-34-26-30-29-25(32(26)17-10-11-17)20-14-28-22-8-3-1-6-18(20)22/h1-4,6-9,14-15,17,28H,5,10-11,13,16H2. The van der Waals surface area contributed by atoms with Gasteiger partial charge in [0.1, 0.15) is 0 Å². The van der Waals surface area contributed by atoms with Crippen molar-refractivity contribution in [2.45, 2.75) is 37.0 Å². The van der Waals surface area contributed by atoms with Gasteiger partial charge in [-0.25, -0.2) is 0 Å². The molecule has 34 heavy (non-hydrogen) atoms. The lowest BCUT2D eigenvalue weighted by molar-refractivity contribution is 0.102. The van der Waals surface area contributed by atoms with Gasteiger partial charge in [0.25, 0.3) is 0 Å². The van der Waals surface area contributed by atoms with E-state index in [0.29, 0.717) is 24.6 Å². The van der Waals surface area contributed by atoms with Crippen molar-refractivity contribution < 1.29 is 4.79 Å². The van der Waals surface area contributed by atoms with Crippen molar-refractivity contribution in [2.24, 2.45) is 0 Å². The minimum absolute atomic E-state index is 0.0518. The van der Waals surface area contributed by atoms with Crippen LogP contribution < -0.4 is 0 Å². The van der Waals surface area contributed by atoms with E-state index in [1.165, 1.54) is 11.8 Å². The van der Waals surface area contributed by atoms with E-state index in [0.717, 1.165) is 51.2 Å². The van der Waals surface area contributed by atoms with Gasteiger partial charge in [-0.15, -0.1) is 10.2 Å². The van der Waals surface area contributed by atoms with E-state index in [1.54, 1.807) is 0 Å². The number of nitrogens with zero attached hydrogens (tertiary/aromatic N) is 5. The fourth-order valence-electron chi connectivity index (χ4n) is 4.51. The maximum absolute atomic E-state index is 13.3. The first-order chi connectivity index (χ1) is 16.7. The van der Waals surface area contributed by atoms with Crippen molar-refractivity contribution in [3.63, 3.8) is 0 Å². The van der Waals surface area contributed by atoms with Crippen LogP contribution in [-0.4, -0.2) is 35.9 Å². The molecule has 1 aliphatic rings. The van der Waals surface area contributed by atoms with Crippen molar-refractivity contribution in [3.8, 4) is 17.5 Å². The van der Waals surface area contributed by atoms with Crippen LogP contribution in [0.5, 0.6) is 0 Å². The van der Waals surface area contributed by atoms with Gasteiger partial charge in [0.05, 0.1) is 18.2 Å². The van der Waals surface area contributed by atoms with E-state index >= 15 is 0 Å². The van der Waals surface area contributed by atoms with Crippen LogP contribution in [0.3, 0.4) is 0 Å². The zero-order valence-corrected chi connectivity index (χ0v) is 19.3. The fraction of sp³-hybridized carbons (Fsp3) is 0.231. The number of Topliss-reactive ketones (excluding diaryl/α,β-unsaturated/α-hetero) is 1. The SMILES string of the molecule is N#CCCn1cc(C(=O)CSc2nnc(-c3c[nH]c4ccccc34)n2C2CC2)c2ccccc21. The summed E-state index contributed by atoms with van der Waals surface area (Å²) < 4.78 is 4.20. The Morgan fingerprint density at radius 3 is 2.74 bits per heavy atom. The average Bonchev–Trinajstić information content (AvgIpc) is 3.32. The predicted octanol–water partition coefficient (Wildman–Crippen LogP) is 5.60. The van der Waals surface area contributed by atoms with Gasteiger partial charge >= 0.3 is 0 Å². The molecule has 1 fully saturated rings. The van der Waals surface area contributed by atoms with Gasteiger partial charge in [-0.3, -0.25) is 9.36 Å². The van der Waals surface area contributed by atoms with Crippen LogP contribution in [0.2, 0.25) is 0 Å². The Bertz CT molecular complexity index is 1570. The van der Waals surface area contributed by atoms with Crippen LogP contribution in [0.15, 0.2) is 66.1 Å². The first-order valence-corrected chi connectivity index (χ1v) is 12.4. The zero-order chi connectivity index (χ0) is 23.1. The number of nitriles is 1. The number of hydrogen-bond donors (Lipinski definition) is 1.